The Morgan fingerprint density at radius 2 is 2.40 bits per heavy atom. The van der Waals surface area contributed by atoms with Gasteiger partial charge in [-0.2, -0.15) is 0 Å². The summed E-state index contributed by atoms with van der Waals surface area (Å²) in [6, 6.07) is 3.00. The van der Waals surface area contributed by atoms with Gasteiger partial charge in [0.05, 0.1) is 0 Å². The molecule has 1 aliphatic rings. The van der Waals surface area contributed by atoms with Crippen LogP contribution in [0.25, 0.3) is 0 Å². The maximum absolute atomic E-state index is 10.7. The lowest BCUT2D eigenvalue weighted by Crippen LogP contribution is -1.91. The van der Waals surface area contributed by atoms with E-state index in [1.54, 1.807) is 0 Å². The van der Waals surface area contributed by atoms with E-state index in [1.165, 1.54) is 16.7 Å². The number of carbonyl (C=O) groups excluding carboxylic acids is 1. The average molecular weight is 139 g/mol. The first-order valence-corrected chi connectivity index (χ1v) is 2.84. The van der Waals surface area contributed by atoms with E-state index in [9.17, 15) is 4.79 Å². The summed E-state index contributed by atoms with van der Waals surface area (Å²) in [5, 5.41) is 9.02. The van der Waals surface area contributed by atoms with Crippen molar-refractivity contribution in [1.82, 2.24) is 4.57 Å². The SMILES string of the molecule is O=C1OCn2c(O)ccc21. The molecule has 0 fully saturated rings. The third-order valence-electron chi connectivity index (χ3n) is 1.49. The van der Waals surface area contributed by atoms with Gasteiger partial charge < -0.3 is 9.84 Å². The van der Waals surface area contributed by atoms with Crippen LogP contribution in [0.2, 0.25) is 0 Å². The Labute approximate surface area is 56.6 Å². The average Bonchev–Trinajstić information content (AvgIpc) is 2.41. The Kier molecular flexibility index (Phi) is 0.818. The van der Waals surface area contributed by atoms with Gasteiger partial charge in [0.15, 0.2) is 12.6 Å². The van der Waals surface area contributed by atoms with Gasteiger partial charge in [-0.05, 0) is 6.07 Å². The van der Waals surface area contributed by atoms with Gasteiger partial charge in [-0.3, -0.25) is 4.57 Å². The number of nitrogens with zero attached hydrogens (tertiary/aromatic N) is 1. The highest BCUT2D eigenvalue weighted by atomic mass is 16.6. The van der Waals surface area contributed by atoms with E-state index in [1.807, 2.05) is 0 Å². The molecule has 52 valence electrons. The highest BCUT2D eigenvalue weighted by Gasteiger charge is 2.22. The summed E-state index contributed by atoms with van der Waals surface area (Å²) in [5.41, 5.74) is 0.414. The summed E-state index contributed by atoms with van der Waals surface area (Å²) in [6.45, 7) is 0.132. The lowest BCUT2D eigenvalue weighted by atomic mass is 10.4. The molecular formula is C6H5NO3. The van der Waals surface area contributed by atoms with Gasteiger partial charge in [0.2, 0.25) is 0 Å². The topological polar surface area (TPSA) is 51.5 Å². The minimum Gasteiger partial charge on any atom is -0.494 e. The smallest absolute Gasteiger partial charge is 0.356 e. The highest BCUT2D eigenvalue weighted by Crippen LogP contribution is 2.20. The van der Waals surface area contributed by atoms with Crippen LogP contribution in [0.15, 0.2) is 12.1 Å². The number of hydrogen-bond donors (Lipinski definition) is 1. The van der Waals surface area contributed by atoms with Crippen LogP contribution in [0.1, 0.15) is 10.5 Å². The molecule has 0 atom stereocenters. The molecule has 1 aromatic heterocycles. The fraction of sp³-hybridized carbons (Fsp3) is 0.167. The van der Waals surface area contributed by atoms with Crippen LogP contribution in [0.3, 0.4) is 0 Å². The minimum absolute atomic E-state index is 0.0702. The molecule has 1 N–H and O–H groups in total. The van der Waals surface area contributed by atoms with Crippen molar-refractivity contribution >= 4 is 5.97 Å². The molecule has 1 aromatic rings. The van der Waals surface area contributed by atoms with E-state index in [-0.39, 0.29) is 18.6 Å². The molecule has 0 aliphatic carbocycles. The second-order valence-electron chi connectivity index (χ2n) is 2.07. The van der Waals surface area contributed by atoms with E-state index in [4.69, 9.17) is 5.11 Å². The fourth-order valence-corrected chi connectivity index (χ4v) is 0.968. The molecule has 0 amide bonds. The van der Waals surface area contributed by atoms with Gasteiger partial charge in [-0.1, -0.05) is 0 Å². The van der Waals surface area contributed by atoms with Gasteiger partial charge in [0.25, 0.3) is 0 Å². The zero-order valence-corrected chi connectivity index (χ0v) is 5.07. The first-order chi connectivity index (χ1) is 4.79. The van der Waals surface area contributed by atoms with Crippen LogP contribution < -0.4 is 0 Å². The van der Waals surface area contributed by atoms with Crippen molar-refractivity contribution in [2.75, 3.05) is 0 Å². The Hall–Kier alpha value is -1.45. The fourth-order valence-electron chi connectivity index (χ4n) is 0.968. The molecule has 0 radical (unpaired) electrons. The number of rotatable bonds is 0. The molecule has 2 rings (SSSR count). The Balaban J connectivity index is 2.63. The van der Waals surface area contributed by atoms with E-state index < -0.39 is 0 Å². The van der Waals surface area contributed by atoms with Gasteiger partial charge in [0.1, 0.15) is 5.69 Å². The monoisotopic (exact) mass is 139 g/mol. The normalized spacial score (nSPS) is 15.0. The van der Waals surface area contributed by atoms with E-state index in [2.05, 4.69) is 4.74 Å². The summed E-state index contributed by atoms with van der Waals surface area (Å²) in [4.78, 5) is 10.7. The number of aromatic hydroxyl groups is 1. The van der Waals surface area contributed by atoms with Crippen molar-refractivity contribution in [1.29, 1.82) is 0 Å². The first-order valence-electron chi connectivity index (χ1n) is 2.84. The molecule has 1 aliphatic heterocycles. The van der Waals surface area contributed by atoms with Crippen molar-refractivity contribution in [3.05, 3.63) is 17.8 Å². The van der Waals surface area contributed by atoms with Crippen molar-refractivity contribution in [3.8, 4) is 5.88 Å². The van der Waals surface area contributed by atoms with Gasteiger partial charge in [0, 0.05) is 6.07 Å². The number of carbonyl (C=O) groups is 1. The van der Waals surface area contributed by atoms with Crippen LogP contribution in [0.5, 0.6) is 5.88 Å². The molecule has 4 nitrogen and oxygen atoms in total. The van der Waals surface area contributed by atoms with Gasteiger partial charge in [-0.25, -0.2) is 4.79 Å². The molecule has 0 aromatic carbocycles. The number of aromatic nitrogens is 1. The highest BCUT2D eigenvalue weighted by molar-refractivity contribution is 5.89. The van der Waals surface area contributed by atoms with Crippen molar-refractivity contribution in [2.24, 2.45) is 0 Å². The van der Waals surface area contributed by atoms with E-state index >= 15 is 0 Å². The molecule has 2 heterocycles. The van der Waals surface area contributed by atoms with Crippen LogP contribution in [0.4, 0.5) is 0 Å². The second kappa shape index (κ2) is 1.53. The summed E-state index contributed by atoms with van der Waals surface area (Å²) in [5.74, 6) is -0.304. The second-order valence-corrected chi connectivity index (χ2v) is 2.07. The van der Waals surface area contributed by atoms with Gasteiger partial charge in [-0.15, -0.1) is 0 Å². The van der Waals surface area contributed by atoms with Crippen LogP contribution in [-0.2, 0) is 11.5 Å². The van der Waals surface area contributed by atoms with Crippen molar-refractivity contribution in [2.45, 2.75) is 6.73 Å². The third-order valence-corrected chi connectivity index (χ3v) is 1.49. The molecular weight excluding hydrogens is 134 g/mol. The zero-order valence-electron chi connectivity index (χ0n) is 5.07. The Morgan fingerprint density at radius 1 is 1.60 bits per heavy atom. The van der Waals surface area contributed by atoms with Crippen molar-refractivity contribution < 1.29 is 14.6 Å². The predicted octanol–water partition coefficient (Wildman–Crippen LogP) is 0.322. The maximum Gasteiger partial charge on any atom is 0.356 e. The van der Waals surface area contributed by atoms with Crippen LogP contribution in [0, 0.1) is 0 Å². The minimum atomic E-state index is -0.375. The van der Waals surface area contributed by atoms with E-state index in [0.29, 0.717) is 5.69 Å². The molecule has 0 bridgehead atoms. The summed E-state index contributed by atoms with van der Waals surface area (Å²) in [7, 11) is 0. The number of ether oxygens (including phenoxy) is 1. The summed E-state index contributed by atoms with van der Waals surface area (Å²) < 4.78 is 6.01. The van der Waals surface area contributed by atoms with Crippen molar-refractivity contribution in [3.63, 3.8) is 0 Å². The Bertz CT molecular complexity index is 289. The molecule has 0 saturated heterocycles. The number of hydrogen-bond acceptors (Lipinski definition) is 3. The quantitative estimate of drug-likeness (QED) is 0.526. The summed E-state index contributed by atoms with van der Waals surface area (Å²) in [6.07, 6.45) is 0. The maximum atomic E-state index is 10.7. The first kappa shape index (κ1) is 5.34. The van der Waals surface area contributed by atoms with E-state index in [0.717, 1.165) is 0 Å². The zero-order chi connectivity index (χ0) is 7.14. The largest absolute Gasteiger partial charge is 0.494 e. The number of cyclic esters (lactones) is 1. The standard InChI is InChI=1S/C6H5NO3/c8-5-2-1-4-6(9)10-3-7(4)5/h1-2,8H,3H2. The lowest BCUT2D eigenvalue weighted by Gasteiger charge is -1.93. The predicted molar refractivity (Wildman–Crippen MR) is 31.5 cm³/mol. The van der Waals surface area contributed by atoms with Crippen LogP contribution >= 0.6 is 0 Å². The molecule has 0 saturated carbocycles. The molecule has 4 heteroatoms. The molecule has 10 heavy (non-hydrogen) atoms. The Morgan fingerprint density at radius 3 is 3.10 bits per heavy atom. The lowest BCUT2D eigenvalue weighted by molar-refractivity contribution is 0.0490. The summed E-state index contributed by atoms with van der Waals surface area (Å²) >= 11 is 0. The molecule has 0 unspecified atom stereocenters. The molecule has 0 spiro atoms. The van der Waals surface area contributed by atoms with Gasteiger partial charge >= 0.3 is 5.97 Å². The van der Waals surface area contributed by atoms with Crippen LogP contribution in [-0.4, -0.2) is 15.6 Å². The third kappa shape index (κ3) is 0.478. The number of esters is 1. The number of fused-ring (bicyclic) bond motifs is 1.